The lowest BCUT2D eigenvalue weighted by Crippen LogP contribution is -2.18. The van der Waals surface area contributed by atoms with Crippen LogP contribution in [0.4, 0.5) is 5.69 Å². The van der Waals surface area contributed by atoms with Crippen LogP contribution in [0.2, 0.25) is 0 Å². The summed E-state index contributed by atoms with van der Waals surface area (Å²) >= 11 is 3.32. The highest BCUT2D eigenvalue weighted by atomic mass is 79.9. The number of anilines is 1. The van der Waals surface area contributed by atoms with Crippen molar-refractivity contribution in [1.82, 2.24) is 19.6 Å². The van der Waals surface area contributed by atoms with Crippen molar-refractivity contribution >= 4 is 43.4 Å². The number of rotatable bonds is 5. The number of sulfonamides is 1. The predicted octanol–water partition coefficient (Wildman–Crippen LogP) is 3.18. The number of hydrogen-bond donors (Lipinski definition) is 1. The predicted molar refractivity (Wildman–Crippen MR) is 110 cm³/mol. The van der Waals surface area contributed by atoms with Gasteiger partial charge in [0.2, 0.25) is 0 Å². The molecule has 0 aliphatic carbocycles. The van der Waals surface area contributed by atoms with Crippen LogP contribution in [0.25, 0.3) is 5.78 Å². The van der Waals surface area contributed by atoms with Crippen LogP contribution in [0, 0.1) is 20.8 Å². The Morgan fingerprint density at radius 1 is 1.21 bits per heavy atom. The standard InChI is InChI=1S/C18H20BrN5O4S/c1-9(2)28-16(25)13-7-6-10(3)15(14(13)19)23-29(26,27)18-21-17-20-11(4)8-12(5)24(17)22-18/h6-9,23H,1-5H3. The molecule has 2 heterocycles. The van der Waals surface area contributed by atoms with E-state index in [0.29, 0.717) is 17.0 Å². The minimum atomic E-state index is -4.13. The summed E-state index contributed by atoms with van der Waals surface area (Å²) in [4.78, 5) is 20.5. The molecule has 29 heavy (non-hydrogen) atoms. The van der Waals surface area contributed by atoms with Gasteiger partial charge in [-0.25, -0.2) is 14.3 Å². The molecule has 2 aromatic heterocycles. The van der Waals surface area contributed by atoms with Crippen molar-refractivity contribution in [2.75, 3.05) is 4.72 Å². The third kappa shape index (κ3) is 4.25. The molecule has 0 amide bonds. The summed E-state index contributed by atoms with van der Waals surface area (Å²) in [6, 6.07) is 4.98. The van der Waals surface area contributed by atoms with Gasteiger partial charge in [-0.2, -0.15) is 13.4 Å². The Hall–Kier alpha value is -2.53. The molecule has 0 spiro atoms. The minimum Gasteiger partial charge on any atom is -0.459 e. The molecule has 0 atom stereocenters. The Kier molecular flexibility index (Phi) is 5.63. The van der Waals surface area contributed by atoms with Crippen LogP contribution in [0.3, 0.4) is 0 Å². The van der Waals surface area contributed by atoms with Gasteiger partial charge < -0.3 is 4.74 Å². The normalized spacial score (nSPS) is 11.8. The highest BCUT2D eigenvalue weighted by Gasteiger charge is 2.25. The van der Waals surface area contributed by atoms with E-state index in [9.17, 15) is 13.2 Å². The van der Waals surface area contributed by atoms with Gasteiger partial charge in [-0.15, -0.1) is 5.10 Å². The van der Waals surface area contributed by atoms with Gasteiger partial charge in [0.05, 0.1) is 21.8 Å². The number of hydrogen-bond acceptors (Lipinski definition) is 7. The van der Waals surface area contributed by atoms with Gasteiger partial charge in [-0.05, 0) is 68.2 Å². The number of carbonyl (C=O) groups excluding carboxylic acids is 1. The highest BCUT2D eigenvalue weighted by Crippen LogP contribution is 2.32. The van der Waals surface area contributed by atoms with E-state index < -0.39 is 21.1 Å². The number of nitrogens with one attached hydrogen (secondary N) is 1. The maximum Gasteiger partial charge on any atom is 0.339 e. The summed E-state index contributed by atoms with van der Waals surface area (Å²) in [6.07, 6.45) is -0.308. The lowest BCUT2D eigenvalue weighted by molar-refractivity contribution is 0.0377. The lowest BCUT2D eigenvalue weighted by Gasteiger charge is -2.15. The van der Waals surface area contributed by atoms with E-state index in [1.807, 2.05) is 0 Å². The molecule has 0 saturated heterocycles. The molecular weight excluding hydrogens is 462 g/mol. The molecule has 3 rings (SSSR count). The van der Waals surface area contributed by atoms with Gasteiger partial charge in [0, 0.05) is 11.4 Å². The SMILES string of the molecule is Cc1cc(C)n2nc(S(=O)(=O)Nc3c(C)ccc(C(=O)OC(C)C)c3Br)nc2n1. The van der Waals surface area contributed by atoms with Crippen LogP contribution in [0.5, 0.6) is 0 Å². The number of aryl methyl sites for hydroxylation is 3. The molecule has 0 unspecified atom stereocenters. The first-order valence-corrected chi connectivity index (χ1v) is 11.0. The summed E-state index contributed by atoms with van der Waals surface area (Å²) in [5, 5.41) is 3.65. The molecule has 1 aromatic carbocycles. The van der Waals surface area contributed by atoms with Gasteiger partial charge in [0.1, 0.15) is 0 Å². The smallest absolute Gasteiger partial charge is 0.339 e. The second-order valence-electron chi connectivity index (χ2n) is 6.82. The second-order valence-corrected chi connectivity index (χ2v) is 9.19. The maximum atomic E-state index is 12.9. The zero-order valence-corrected chi connectivity index (χ0v) is 18.9. The zero-order valence-electron chi connectivity index (χ0n) is 16.5. The van der Waals surface area contributed by atoms with Crippen LogP contribution in [-0.2, 0) is 14.8 Å². The zero-order chi connectivity index (χ0) is 21.5. The largest absolute Gasteiger partial charge is 0.459 e. The van der Waals surface area contributed by atoms with Crippen molar-refractivity contribution in [3.8, 4) is 0 Å². The van der Waals surface area contributed by atoms with Crippen molar-refractivity contribution < 1.29 is 17.9 Å². The molecule has 0 aliphatic rings. The number of carbonyl (C=O) groups is 1. The first-order valence-electron chi connectivity index (χ1n) is 8.73. The van der Waals surface area contributed by atoms with E-state index in [2.05, 4.69) is 35.7 Å². The van der Waals surface area contributed by atoms with E-state index in [1.54, 1.807) is 52.8 Å². The molecular formula is C18H20BrN5O4S. The summed E-state index contributed by atoms with van der Waals surface area (Å²) < 4.78 is 35.1. The van der Waals surface area contributed by atoms with Gasteiger partial charge in [0.25, 0.3) is 21.0 Å². The molecule has 0 radical (unpaired) electrons. The number of nitrogens with zero attached hydrogens (tertiary/aromatic N) is 4. The molecule has 154 valence electrons. The van der Waals surface area contributed by atoms with Crippen LogP contribution < -0.4 is 4.72 Å². The fourth-order valence-electron chi connectivity index (χ4n) is 2.67. The van der Waals surface area contributed by atoms with E-state index in [-0.39, 0.29) is 27.6 Å². The van der Waals surface area contributed by atoms with Crippen molar-refractivity contribution in [1.29, 1.82) is 0 Å². The number of halogens is 1. The Morgan fingerprint density at radius 2 is 1.90 bits per heavy atom. The summed E-state index contributed by atoms with van der Waals surface area (Å²) in [6.45, 7) is 8.75. The van der Waals surface area contributed by atoms with Crippen LogP contribution in [0.1, 0.15) is 41.2 Å². The minimum absolute atomic E-state index is 0.188. The molecule has 9 nitrogen and oxygen atoms in total. The number of aromatic nitrogens is 4. The molecule has 3 aromatic rings. The molecule has 0 aliphatic heterocycles. The average molecular weight is 482 g/mol. The van der Waals surface area contributed by atoms with Crippen LogP contribution >= 0.6 is 15.9 Å². The summed E-state index contributed by atoms with van der Waals surface area (Å²) in [5.41, 5.74) is 2.43. The monoisotopic (exact) mass is 481 g/mol. The number of fused-ring (bicyclic) bond motifs is 1. The number of esters is 1. The lowest BCUT2D eigenvalue weighted by atomic mass is 10.1. The topological polar surface area (TPSA) is 116 Å². The third-order valence-corrected chi connectivity index (χ3v) is 5.94. The summed E-state index contributed by atoms with van der Waals surface area (Å²) in [5.74, 6) is -0.374. The first kappa shape index (κ1) is 21.2. The van der Waals surface area contributed by atoms with Crippen molar-refractivity contribution in [2.45, 2.75) is 45.9 Å². The van der Waals surface area contributed by atoms with Crippen molar-refractivity contribution in [2.24, 2.45) is 0 Å². The molecule has 0 bridgehead atoms. The van der Waals surface area contributed by atoms with E-state index in [4.69, 9.17) is 4.74 Å². The van der Waals surface area contributed by atoms with Gasteiger partial charge in [0.15, 0.2) is 0 Å². The molecule has 11 heteroatoms. The van der Waals surface area contributed by atoms with Crippen molar-refractivity contribution in [3.05, 3.63) is 45.2 Å². The Morgan fingerprint density at radius 3 is 2.55 bits per heavy atom. The first-order chi connectivity index (χ1) is 13.5. The summed E-state index contributed by atoms with van der Waals surface area (Å²) in [7, 11) is -4.13. The quantitative estimate of drug-likeness (QED) is 0.556. The molecule has 0 saturated carbocycles. The molecule has 1 N–H and O–H groups in total. The van der Waals surface area contributed by atoms with E-state index in [1.165, 1.54) is 4.52 Å². The van der Waals surface area contributed by atoms with Crippen LogP contribution in [0.15, 0.2) is 27.8 Å². The van der Waals surface area contributed by atoms with Crippen LogP contribution in [-0.4, -0.2) is 40.1 Å². The van der Waals surface area contributed by atoms with E-state index in [0.717, 1.165) is 0 Å². The van der Waals surface area contributed by atoms with Gasteiger partial charge in [-0.3, -0.25) is 4.72 Å². The highest BCUT2D eigenvalue weighted by molar-refractivity contribution is 9.10. The Balaban J connectivity index is 2.03. The molecule has 0 fully saturated rings. The van der Waals surface area contributed by atoms with Gasteiger partial charge in [-0.1, -0.05) is 6.07 Å². The van der Waals surface area contributed by atoms with Crippen molar-refractivity contribution in [3.63, 3.8) is 0 Å². The Labute approximate surface area is 176 Å². The average Bonchev–Trinajstić information content (AvgIpc) is 3.03. The van der Waals surface area contributed by atoms with Gasteiger partial charge >= 0.3 is 5.97 Å². The second kappa shape index (κ2) is 7.71. The maximum absolute atomic E-state index is 12.9. The Bertz CT molecular complexity index is 1220. The fourth-order valence-corrected chi connectivity index (χ4v) is 4.53. The van der Waals surface area contributed by atoms with E-state index >= 15 is 0 Å². The third-order valence-electron chi connectivity index (χ3n) is 3.99. The number of benzene rings is 1. The number of ether oxygens (including phenoxy) is 1. The fraction of sp³-hybridized carbons (Fsp3) is 0.333.